The van der Waals surface area contributed by atoms with Gasteiger partial charge in [0.25, 0.3) is 0 Å². The Morgan fingerprint density at radius 2 is 1.73 bits per heavy atom. The van der Waals surface area contributed by atoms with Gasteiger partial charge in [0.05, 0.1) is 31.4 Å². The van der Waals surface area contributed by atoms with E-state index in [0.717, 1.165) is 45.2 Å². The summed E-state index contributed by atoms with van der Waals surface area (Å²) in [6.45, 7) is 1.39. The molecule has 2 aromatic heterocycles. The largest absolute Gasteiger partial charge is 0.493 e. The minimum Gasteiger partial charge on any atom is -0.493 e. The number of benzene rings is 3. The topological polar surface area (TPSA) is 78.7 Å². The number of pyridine rings is 1. The molecule has 5 aromatic rings. The highest BCUT2D eigenvalue weighted by Crippen LogP contribution is 2.35. The fourth-order valence-corrected chi connectivity index (χ4v) is 4.88. The van der Waals surface area contributed by atoms with E-state index in [1.807, 2.05) is 42.5 Å². The van der Waals surface area contributed by atoms with Crippen LogP contribution >= 0.6 is 0 Å². The van der Waals surface area contributed by atoms with E-state index in [1.165, 1.54) is 5.56 Å². The Labute approximate surface area is 214 Å². The van der Waals surface area contributed by atoms with Gasteiger partial charge in [0.15, 0.2) is 11.5 Å². The first-order valence-corrected chi connectivity index (χ1v) is 12.1. The lowest BCUT2D eigenvalue weighted by atomic mass is 9.99. The molecule has 0 spiro atoms. The third-order valence-corrected chi connectivity index (χ3v) is 6.82. The second-order valence-electron chi connectivity index (χ2n) is 9.00. The number of imidazole rings is 1. The standard InChI is InChI=1S/C29H26N4O4/c1-35-26-13-23-24(14-27(26)36-2)30-15-25-28(23)33(18-31-25)22-9-8-20-10-11-32(16-21(20)12-22)29(34)37-17-19-6-4-3-5-7-19/h3-9,12-15,18H,10-11,16-17H2,1-2H3. The lowest BCUT2D eigenvalue weighted by Gasteiger charge is -2.28. The Kier molecular flexibility index (Phi) is 5.84. The van der Waals surface area contributed by atoms with Gasteiger partial charge in [-0.05, 0) is 41.3 Å². The zero-order chi connectivity index (χ0) is 25.4. The quantitative estimate of drug-likeness (QED) is 0.331. The van der Waals surface area contributed by atoms with Gasteiger partial charge in [-0.15, -0.1) is 0 Å². The molecule has 0 radical (unpaired) electrons. The first-order valence-electron chi connectivity index (χ1n) is 12.1. The Bertz CT molecular complexity index is 1610. The van der Waals surface area contributed by atoms with Crippen LogP contribution in [0.1, 0.15) is 16.7 Å². The molecule has 0 N–H and O–H groups in total. The molecule has 0 saturated carbocycles. The smallest absolute Gasteiger partial charge is 0.410 e. The zero-order valence-electron chi connectivity index (χ0n) is 20.7. The van der Waals surface area contributed by atoms with Crippen LogP contribution in [0.2, 0.25) is 0 Å². The molecule has 6 rings (SSSR count). The number of fused-ring (bicyclic) bond motifs is 4. The van der Waals surface area contributed by atoms with E-state index in [2.05, 4.69) is 32.7 Å². The molecule has 8 heteroatoms. The monoisotopic (exact) mass is 494 g/mol. The average Bonchev–Trinajstić information content (AvgIpc) is 3.39. The molecule has 8 nitrogen and oxygen atoms in total. The van der Waals surface area contributed by atoms with Crippen LogP contribution in [0.5, 0.6) is 11.5 Å². The average molecular weight is 495 g/mol. The highest BCUT2D eigenvalue weighted by Gasteiger charge is 2.23. The van der Waals surface area contributed by atoms with Crippen molar-refractivity contribution in [1.29, 1.82) is 0 Å². The number of ether oxygens (including phenoxy) is 3. The van der Waals surface area contributed by atoms with Crippen molar-refractivity contribution in [2.45, 2.75) is 19.6 Å². The molecule has 186 valence electrons. The number of nitrogens with zero attached hydrogens (tertiary/aromatic N) is 4. The van der Waals surface area contributed by atoms with E-state index < -0.39 is 0 Å². The number of hydrogen-bond donors (Lipinski definition) is 0. The van der Waals surface area contributed by atoms with Gasteiger partial charge in [-0.25, -0.2) is 9.78 Å². The molecule has 0 unspecified atom stereocenters. The van der Waals surface area contributed by atoms with Crippen molar-refractivity contribution in [2.75, 3.05) is 20.8 Å². The van der Waals surface area contributed by atoms with Crippen molar-refractivity contribution in [1.82, 2.24) is 19.4 Å². The number of carbonyl (C=O) groups is 1. The fraction of sp³-hybridized carbons (Fsp3) is 0.207. The summed E-state index contributed by atoms with van der Waals surface area (Å²) in [5.74, 6) is 1.26. The minimum atomic E-state index is -0.300. The van der Waals surface area contributed by atoms with Gasteiger partial charge in [0, 0.05) is 30.2 Å². The van der Waals surface area contributed by atoms with Crippen molar-refractivity contribution in [2.24, 2.45) is 0 Å². The van der Waals surface area contributed by atoms with Crippen LogP contribution < -0.4 is 9.47 Å². The van der Waals surface area contributed by atoms with Crippen LogP contribution in [0.25, 0.3) is 27.6 Å². The summed E-state index contributed by atoms with van der Waals surface area (Å²) >= 11 is 0. The van der Waals surface area contributed by atoms with Gasteiger partial charge < -0.3 is 19.1 Å². The van der Waals surface area contributed by atoms with E-state index >= 15 is 0 Å². The number of methoxy groups -OCH3 is 2. The summed E-state index contributed by atoms with van der Waals surface area (Å²) < 4.78 is 18.6. The molecule has 0 fully saturated rings. The highest BCUT2D eigenvalue weighted by atomic mass is 16.6. The van der Waals surface area contributed by atoms with E-state index in [4.69, 9.17) is 14.2 Å². The molecular formula is C29H26N4O4. The van der Waals surface area contributed by atoms with Crippen molar-refractivity contribution >= 4 is 28.0 Å². The first-order chi connectivity index (χ1) is 18.1. The molecule has 0 atom stereocenters. The Balaban J connectivity index is 1.32. The van der Waals surface area contributed by atoms with Crippen LogP contribution in [0.4, 0.5) is 4.79 Å². The van der Waals surface area contributed by atoms with Gasteiger partial charge in [0.1, 0.15) is 18.5 Å². The lowest BCUT2D eigenvalue weighted by molar-refractivity contribution is 0.0918. The number of rotatable bonds is 5. The third-order valence-electron chi connectivity index (χ3n) is 6.82. The molecule has 0 aliphatic carbocycles. The molecule has 0 saturated heterocycles. The summed E-state index contributed by atoms with van der Waals surface area (Å²) in [5.41, 5.74) is 6.77. The van der Waals surface area contributed by atoms with Gasteiger partial charge >= 0.3 is 6.09 Å². The lowest BCUT2D eigenvalue weighted by Crippen LogP contribution is -2.36. The Morgan fingerprint density at radius 1 is 0.919 bits per heavy atom. The predicted octanol–water partition coefficient (Wildman–Crippen LogP) is 5.29. The minimum absolute atomic E-state index is 0.263. The van der Waals surface area contributed by atoms with Crippen LogP contribution in [0.15, 0.2) is 73.2 Å². The number of aromatic nitrogens is 3. The molecule has 3 aromatic carbocycles. The van der Waals surface area contributed by atoms with Crippen LogP contribution in [0.3, 0.4) is 0 Å². The van der Waals surface area contributed by atoms with Crippen LogP contribution in [-0.4, -0.2) is 46.3 Å². The molecule has 1 aliphatic heterocycles. The van der Waals surface area contributed by atoms with Gasteiger partial charge in [-0.1, -0.05) is 36.4 Å². The van der Waals surface area contributed by atoms with E-state index in [-0.39, 0.29) is 12.7 Å². The van der Waals surface area contributed by atoms with E-state index in [9.17, 15) is 4.79 Å². The van der Waals surface area contributed by atoms with E-state index in [1.54, 1.807) is 31.6 Å². The first kappa shape index (κ1) is 22.8. The molecule has 3 heterocycles. The third kappa shape index (κ3) is 4.20. The molecule has 1 aliphatic rings. The zero-order valence-corrected chi connectivity index (χ0v) is 20.7. The highest BCUT2D eigenvalue weighted by molar-refractivity contribution is 6.04. The van der Waals surface area contributed by atoms with Gasteiger partial charge in [-0.3, -0.25) is 9.55 Å². The molecule has 1 amide bonds. The number of carbonyl (C=O) groups excluding carboxylic acids is 1. The normalized spacial score (nSPS) is 13.0. The molecule has 0 bridgehead atoms. The Hall–Kier alpha value is -4.59. The number of hydrogen-bond acceptors (Lipinski definition) is 6. The van der Waals surface area contributed by atoms with Crippen molar-refractivity contribution in [3.63, 3.8) is 0 Å². The summed E-state index contributed by atoms with van der Waals surface area (Å²) in [4.78, 5) is 23.7. The summed E-state index contributed by atoms with van der Waals surface area (Å²) in [5, 5.41) is 0.913. The van der Waals surface area contributed by atoms with Crippen molar-refractivity contribution in [3.05, 3.63) is 89.9 Å². The second-order valence-corrected chi connectivity index (χ2v) is 9.00. The maximum absolute atomic E-state index is 12.8. The van der Waals surface area contributed by atoms with Crippen LogP contribution in [0, 0.1) is 0 Å². The predicted molar refractivity (Wildman–Crippen MR) is 140 cm³/mol. The SMILES string of the molecule is COc1cc2ncc3ncn(-c4ccc5c(c4)CN(C(=O)OCc4ccccc4)CC5)c3c2cc1OC. The van der Waals surface area contributed by atoms with E-state index in [0.29, 0.717) is 24.6 Å². The van der Waals surface area contributed by atoms with Crippen LogP contribution in [-0.2, 0) is 24.3 Å². The summed E-state index contributed by atoms with van der Waals surface area (Å²) in [6.07, 6.45) is 4.05. The van der Waals surface area contributed by atoms with Gasteiger partial charge in [0.2, 0.25) is 0 Å². The summed E-state index contributed by atoms with van der Waals surface area (Å²) in [7, 11) is 3.23. The summed E-state index contributed by atoms with van der Waals surface area (Å²) in [6, 6.07) is 19.9. The fourth-order valence-electron chi connectivity index (χ4n) is 4.88. The maximum Gasteiger partial charge on any atom is 0.410 e. The molecular weight excluding hydrogens is 468 g/mol. The van der Waals surface area contributed by atoms with Gasteiger partial charge in [-0.2, -0.15) is 0 Å². The van der Waals surface area contributed by atoms with Crippen molar-refractivity contribution < 1.29 is 19.0 Å². The second kappa shape index (κ2) is 9.46. The molecule has 37 heavy (non-hydrogen) atoms. The Morgan fingerprint density at radius 3 is 2.54 bits per heavy atom. The number of amides is 1. The van der Waals surface area contributed by atoms with Crippen molar-refractivity contribution in [3.8, 4) is 17.2 Å². The maximum atomic E-state index is 12.8.